The van der Waals surface area contributed by atoms with Gasteiger partial charge in [-0.05, 0) is 37.1 Å². The van der Waals surface area contributed by atoms with Gasteiger partial charge in [0.2, 0.25) is 0 Å². The number of aliphatic hydroxyl groups is 1. The average molecular weight is 340 g/mol. The molecule has 2 atom stereocenters. The Morgan fingerprint density at radius 3 is 2.56 bits per heavy atom. The van der Waals surface area contributed by atoms with Crippen LogP contribution in [0, 0.1) is 5.92 Å². The molecular weight excluding hydrogens is 316 g/mol. The number of hydrogen-bond donors (Lipinski definition) is 3. The summed E-state index contributed by atoms with van der Waals surface area (Å²) < 4.78 is 0. The lowest BCUT2D eigenvalue weighted by atomic mass is 9.96. The number of aliphatic hydroxyl groups excluding tert-OH is 1. The van der Waals surface area contributed by atoms with Crippen LogP contribution in [0.15, 0.2) is 42.5 Å². The van der Waals surface area contributed by atoms with Gasteiger partial charge >= 0.3 is 0 Å². The molecule has 1 aliphatic carbocycles. The van der Waals surface area contributed by atoms with Crippen LogP contribution in [0.25, 0.3) is 0 Å². The fourth-order valence-corrected chi connectivity index (χ4v) is 3.23. The minimum absolute atomic E-state index is 0.183. The Morgan fingerprint density at radius 2 is 1.84 bits per heavy atom. The van der Waals surface area contributed by atoms with Crippen molar-refractivity contribution in [3.8, 4) is 0 Å². The zero-order chi connectivity index (χ0) is 17.5. The van der Waals surface area contributed by atoms with E-state index in [2.05, 4.69) is 20.8 Å². The minimum atomic E-state index is -0.284. The first-order valence-electron chi connectivity index (χ1n) is 8.84. The van der Waals surface area contributed by atoms with E-state index in [-0.39, 0.29) is 30.2 Å². The predicted octanol–water partition coefficient (Wildman–Crippen LogP) is 3.08. The Labute approximate surface area is 147 Å². The summed E-state index contributed by atoms with van der Waals surface area (Å²) in [5.41, 5.74) is 0.995. The number of hydrogen-bond acceptors (Lipinski definition) is 5. The van der Waals surface area contributed by atoms with Crippen LogP contribution in [0.1, 0.15) is 42.6 Å². The van der Waals surface area contributed by atoms with Gasteiger partial charge in [0, 0.05) is 24.3 Å². The monoisotopic (exact) mass is 340 g/mol. The predicted molar refractivity (Wildman–Crippen MR) is 97.5 cm³/mol. The maximum atomic E-state index is 12.2. The van der Waals surface area contributed by atoms with Crippen molar-refractivity contribution >= 4 is 17.4 Å². The lowest BCUT2D eigenvalue weighted by molar-refractivity contribution is 0.102. The van der Waals surface area contributed by atoms with Crippen molar-refractivity contribution in [1.29, 1.82) is 0 Å². The summed E-state index contributed by atoms with van der Waals surface area (Å²) in [7, 11) is 0. The molecule has 0 aliphatic heterocycles. The topological polar surface area (TPSA) is 87.1 Å². The highest BCUT2D eigenvalue weighted by atomic mass is 16.3. The molecular formula is C19H24N4O2. The van der Waals surface area contributed by atoms with Gasteiger partial charge < -0.3 is 15.7 Å². The molecule has 3 rings (SSSR count). The third-order valence-corrected chi connectivity index (χ3v) is 4.66. The normalized spacial score (nSPS) is 20.5. The number of para-hydroxylation sites is 1. The number of nitrogens with zero attached hydrogens (tertiary/aromatic N) is 2. The molecule has 1 heterocycles. The Hall–Kier alpha value is -2.47. The molecule has 1 fully saturated rings. The number of rotatable bonds is 5. The molecule has 1 saturated carbocycles. The van der Waals surface area contributed by atoms with Gasteiger partial charge in [-0.25, -0.2) is 0 Å². The number of aromatic nitrogens is 2. The van der Waals surface area contributed by atoms with Crippen LogP contribution in [0.2, 0.25) is 0 Å². The number of anilines is 2. The number of benzene rings is 1. The lowest BCUT2D eigenvalue weighted by Gasteiger charge is -2.24. The number of amides is 1. The van der Waals surface area contributed by atoms with Gasteiger partial charge in [0.1, 0.15) is 5.82 Å². The van der Waals surface area contributed by atoms with Crippen molar-refractivity contribution in [3.63, 3.8) is 0 Å². The van der Waals surface area contributed by atoms with E-state index in [9.17, 15) is 9.90 Å². The molecule has 6 heteroatoms. The summed E-state index contributed by atoms with van der Waals surface area (Å²) in [6, 6.07) is 12.9. The van der Waals surface area contributed by atoms with Gasteiger partial charge in [-0.3, -0.25) is 4.79 Å². The molecule has 6 nitrogen and oxygen atoms in total. The van der Waals surface area contributed by atoms with Crippen molar-refractivity contribution in [2.45, 2.75) is 38.1 Å². The average Bonchev–Trinajstić information content (AvgIpc) is 2.88. The first-order valence-corrected chi connectivity index (χ1v) is 8.84. The summed E-state index contributed by atoms with van der Waals surface area (Å²) in [5, 5.41) is 23.9. The van der Waals surface area contributed by atoms with E-state index >= 15 is 0 Å². The molecule has 132 valence electrons. The van der Waals surface area contributed by atoms with Crippen LogP contribution >= 0.6 is 0 Å². The smallest absolute Gasteiger partial charge is 0.276 e. The van der Waals surface area contributed by atoms with Gasteiger partial charge in [-0.2, -0.15) is 0 Å². The van der Waals surface area contributed by atoms with Crippen molar-refractivity contribution in [2.24, 2.45) is 5.92 Å². The van der Waals surface area contributed by atoms with Crippen LogP contribution < -0.4 is 10.6 Å². The summed E-state index contributed by atoms with van der Waals surface area (Å²) in [6.45, 7) is 0.183. The number of nitrogens with one attached hydrogen (secondary N) is 2. The van der Waals surface area contributed by atoms with Crippen LogP contribution in [-0.2, 0) is 0 Å². The summed E-state index contributed by atoms with van der Waals surface area (Å²) >= 11 is 0. The van der Waals surface area contributed by atoms with Crippen LogP contribution in [-0.4, -0.2) is 33.9 Å². The molecule has 2 unspecified atom stereocenters. The summed E-state index contributed by atoms with van der Waals surface area (Å²) in [6.07, 6.45) is 5.56. The Balaban J connectivity index is 1.62. The summed E-state index contributed by atoms with van der Waals surface area (Å²) in [5.74, 6) is 0.597. The highest BCUT2D eigenvalue weighted by molar-refractivity contribution is 6.02. The van der Waals surface area contributed by atoms with Gasteiger partial charge in [-0.1, -0.05) is 37.5 Å². The van der Waals surface area contributed by atoms with E-state index in [1.165, 1.54) is 6.42 Å². The Morgan fingerprint density at radius 1 is 1.04 bits per heavy atom. The third-order valence-electron chi connectivity index (χ3n) is 4.66. The van der Waals surface area contributed by atoms with E-state index in [1.807, 2.05) is 30.3 Å². The molecule has 1 aromatic heterocycles. The molecule has 0 spiro atoms. The second-order valence-electron chi connectivity index (χ2n) is 6.46. The van der Waals surface area contributed by atoms with Gasteiger partial charge in [0.25, 0.3) is 5.91 Å². The molecule has 0 bridgehead atoms. The maximum Gasteiger partial charge on any atom is 0.276 e. The van der Waals surface area contributed by atoms with Crippen molar-refractivity contribution in [1.82, 2.24) is 10.2 Å². The molecule has 1 aromatic carbocycles. The molecule has 0 saturated heterocycles. The Kier molecular flexibility index (Phi) is 5.95. The third kappa shape index (κ3) is 4.76. The second-order valence-corrected chi connectivity index (χ2v) is 6.46. The molecule has 1 aliphatic rings. The molecule has 3 N–H and O–H groups in total. The van der Waals surface area contributed by atoms with Crippen molar-refractivity contribution in [3.05, 3.63) is 48.2 Å². The molecule has 2 aromatic rings. The highest BCUT2D eigenvalue weighted by Gasteiger charge is 2.23. The fraction of sp³-hybridized carbons (Fsp3) is 0.421. The molecule has 25 heavy (non-hydrogen) atoms. The van der Waals surface area contributed by atoms with Crippen LogP contribution in [0.5, 0.6) is 0 Å². The molecule has 1 amide bonds. The number of carbonyl (C=O) groups excluding carboxylic acids is 1. The van der Waals surface area contributed by atoms with Gasteiger partial charge in [0.15, 0.2) is 5.69 Å². The van der Waals surface area contributed by atoms with E-state index in [0.29, 0.717) is 5.82 Å². The van der Waals surface area contributed by atoms with E-state index in [0.717, 1.165) is 31.4 Å². The zero-order valence-electron chi connectivity index (χ0n) is 14.2. The minimum Gasteiger partial charge on any atom is -0.396 e. The lowest BCUT2D eigenvalue weighted by Crippen LogP contribution is -2.31. The zero-order valence-corrected chi connectivity index (χ0v) is 14.2. The van der Waals surface area contributed by atoms with E-state index < -0.39 is 0 Å². The largest absolute Gasteiger partial charge is 0.396 e. The van der Waals surface area contributed by atoms with E-state index in [1.54, 1.807) is 12.1 Å². The fourth-order valence-electron chi connectivity index (χ4n) is 3.23. The summed E-state index contributed by atoms with van der Waals surface area (Å²) in [4.78, 5) is 12.2. The highest BCUT2D eigenvalue weighted by Crippen LogP contribution is 2.25. The SMILES string of the molecule is O=C(Nc1ccccc1)c1ccc(NC2CCCCCC2CO)nn1. The second kappa shape index (κ2) is 8.58. The first kappa shape index (κ1) is 17.4. The van der Waals surface area contributed by atoms with Gasteiger partial charge in [0.05, 0.1) is 0 Å². The Bertz CT molecular complexity index is 676. The van der Waals surface area contributed by atoms with Crippen molar-refractivity contribution in [2.75, 3.05) is 17.2 Å². The van der Waals surface area contributed by atoms with E-state index in [4.69, 9.17) is 0 Å². The maximum absolute atomic E-state index is 12.2. The van der Waals surface area contributed by atoms with Crippen LogP contribution in [0.3, 0.4) is 0 Å². The van der Waals surface area contributed by atoms with Crippen LogP contribution in [0.4, 0.5) is 11.5 Å². The standard InChI is InChI=1S/C19H24N4O2/c24-13-14-7-3-1-6-10-16(14)21-18-12-11-17(22-23-18)19(25)20-15-8-4-2-5-9-15/h2,4-5,8-9,11-12,14,16,24H,1,3,6-7,10,13H2,(H,20,25)(H,21,23). The first-order chi connectivity index (χ1) is 12.3. The molecule has 0 radical (unpaired) electrons. The quantitative estimate of drug-likeness (QED) is 0.728. The van der Waals surface area contributed by atoms with Gasteiger partial charge in [-0.15, -0.1) is 10.2 Å². The number of carbonyl (C=O) groups is 1. The van der Waals surface area contributed by atoms with Crippen molar-refractivity contribution < 1.29 is 9.90 Å².